The number of nitro groups is 1. The minimum atomic E-state index is -0.351. The maximum absolute atomic E-state index is 10.6. The Bertz CT molecular complexity index is 381. The number of hydrogen-bond donors (Lipinski definition) is 1. The molecule has 0 saturated carbocycles. The summed E-state index contributed by atoms with van der Waals surface area (Å²) in [5, 5.41) is 14.1. The molecule has 2 rings (SSSR count). The summed E-state index contributed by atoms with van der Waals surface area (Å²) < 4.78 is 0. The van der Waals surface area contributed by atoms with Crippen LogP contribution in [0.3, 0.4) is 0 Å². The second-order valence-corrected chi connectivity index (χ2v) is 4.96. The Balaban J connectivity index is 1.83. The van der Waals surface area contributed by atoms with Gasteiger partial charge in [0.05, 0.1) is 4.92 Å². The van der Waals surface area contributed by atoms with E-state index >= 15 is 0 Å². The van der Waals surface area contributed by atoms with Crippen molar-refractivity contribution in [2.24, 2.45) is 0 Å². The number of aryl methyl sites for hydroxylation is 1. The first-order chi connectivity index (χ1) is 8.75. The number of nitrogens with one attached hydrogen (secondary N) is 1. The van der Waals surface area contributed by atoms with Crippen molar-refractivity contribution < 1.29 is 4.92 Å². The van der Waals surface area contributed by atoms with Crippen molar-refractivity contribution >= 4 is 5.69 Å². The molecule has 1 unspecified atom stereocenters. The molecular formula is C14H20N2O2. The Kier molecular flexibility index (Phi) is 4.70. The first-order valence-corrected chi connectivity index (χ1v) is 6.72. The van der Waals surface area contributed by atoms with Crippen LogP contribution in [0.5, 0.6) is 0 Å². The van der Waals surface area contributed by atoms with E-state index in [9.17, 15) is 10.1 Å². The molecular weight excluding hydrogens is 228 g/mol. The Hall–Kier alpha value is -1.42. The van der Waals surface area contributed by atoms with Crippen LogP contribution in [0.2, 0.25) is 0 Å². The molecule has 1 saturated heterocycles. The van der Waals surface area contributed by atoms with Crippen LogP contribution in [0.1, 0.15) is 37.7 Å². The number of nitro benzene ring substituents is 1. The summed E-state index contributed by atoms with van der Waals surface area (Å²) in [5.74, 6) is 0. The molecule has 18 heavy (non-hydrogen) atoms. The van der Waals surface area contributed by atoms with Gasteiger partial charge in [0.2, 0.25) is 0 Å². The number of rotatable bonds is 4. The van der Waals surface area contributed by atoms with E-state index in [0.29, 0.717) is 6.04 Å². The molecule has 1 atom stereocenters. The van der Waals surface area contributed by atoms with E-state index in [1.807, 2.05) is 12.1 Å². The first kappa shape index (κ1) is 13.0. The van der Waals surface area contributed by atoms with E-state index in [1.165, 1.54) is 31.2 Å². The molecule has 1 N–H and O–H groups in total. The molecule has 1 heterocycles. The smallest absolute Gasteiger partial charge is 0.269 e. The van der Waals surface area contributed by atoms with Gasteiger partial charge >= 0.3 is 0 Å². The predicted molar refractivity (Wildman–Crippen MR) is 71.7 cm³/mol. The van der Waals surface area contributed by atoms with Gasteiger partial charge in [-0.15, -0.1) is 0 Å². The Morgan fingerprint density at radius 3 is 2.72 bits per heavy atom. The van der Waals surface area contributed by atoms with Crippen LogP contribution in [-0.4, -0.2) is 17.5 Å². The highest BCUT2D eigenvalue weighted by atomic mass is 16.6. The van der Waals surface area contributed by atoms with Crippen molar-refractivity contribution in [1.29, 1.82) is 0 Å². The van der Waals surface area contributed by atoms with Gasteiger partial charge in [0, 0.05) is 18.2 Å². The van der Waals surface area contributed by atoms with Crippen molar-refractivity contribution in [2.75, 3.05) is 6.54 Å². The zero-order chi connectivity index (χ0) is 12.8. The first-order valence-electron chi connectivity index (χ1n) is 6.72. The lowest BCUT2D eigenvalue weighted by molar-refractivity contribution is -0.384. The van der Waals surface area contributed by atoms with Gasteiger partial charge in [-0.2, -0.15) is 0 Å². The SMILES string of the molecule is O=[N+]([O-])c1ccc(CCC2CCCCCN2)cc1. The van der Waals surface area contributed by atoms with E-state index in [0.717, 1.165) is 19.4 Å². The van der Waals surface area contributed by atoms with Gasteiger partial charge < -0.3 is 5.32 Å². The van der Waals surface area contributed by atoms with Crippen LogP contribution in [-0.2, 0) is 6.42 Å². The van der Waals surface area contributed by atoms with E-state index < -0.39 is 0 Å². The molecule has 98 valence electrons. The second-order valence-electron chi connectivity index (χ2n) is 4.96. The second kappa shape index (κ2) is 6.50. The lowest BCUT2D eigenvalue weighted by atomic mass is 10.0. The summed E-state index contributed by atoms with van der Waals surface area (Å²) >= 11 is 0. The Morgan fingerprint density at radius 2 is 2.00 bits per heavy atom. The zero-order valence-corrected chi connectivity index (χ0v) is 10.6. The van der Waals surface area contributed by atoms with Crippen LogP contribution < -0.4 is 5.32 Å². The number of non-ortho nitro benzene ring substituents is 1. The molecule has 0 aliphatic carbocycles. The molecule has 0 spiro atoms. The van der Waals surface area contributed by atoms with Crippen molar-refractivity contribution in [2.45, 2.75) is 44.6 Å². The van der Waals surface area contributed by atoms with Crippen LogP contribution in [0.4, 0.5) is 5.69 Å². The number of benzene rings is 1. The van der Waals surface area contributed by atoms with Gasteiger partial charge in [0.15, 0.2) is 0 Å². The molecule has 0 radical (unpaired) electrons. The van der Waals surface area contributed by atoms with Crippen molar-refractivity contribution in [3.8, 4) is 0 Å². The van der Waals surface area contributed by atoms with E-state index in [2.05, 4.69) is 5.32 Å². The fraction of sp³-hybridized carbons (Fsp3) is 0.571. The average Bonchev–Trinajstić information content (AvgIpc) is 2.65. The molecule has 1 aromatic carbocycles. The molecule has 0 amide bonds. The van der Waals surface area contributed by atoms with Crippen LogP contribution in [0.25, 0.3) is 0 Å². The molecule has 4 nitrogen and oxygen atoms in total. The molecule has 1 fully saturated rings. The summed E-state index contributed by atoms with van der Waals surface area (Å²) in [4.78, 5) is 10.2. The standard InChI is InChI=1S/C14H20N2O2/c17-16(18)14-9-6-12(7-10-14)5-8-13-4-2-1-3-11-15-13/h6-7,9-10,13,15H,1-5,8,11H2. The normalized spacial score (nSPS) is 20.3. The molecule has 1 aliphatic heterocycles. The summed E-state index contributed by atoms with van der Waals surface area (Å²) in [7, 11) is 0. The van der Waals surface area contributed by atoms with E-state index in [-0.39, 0.29) is 10.6 Å². The van der Waals surface area contributed by atoms with E-state index in [4.69, 9.17) is 0 Å². The monoisotopic (exact) mass is 248 g/mol. The lowest BCUT2D eigenvalue weighted by Gasteiger charge is -2.15. The minimum Gasteiger partial charge on any atom is -0.314 e. The lowest BCUT2D eigenvalue weighted by Crippen LogP contribution is -2.28. The quantitative estimate of drug-likeness (QED) is 0.658. The summed E-state index contributed by atoms with van der Waals surface area (Å²) in [6, 6.07) is 7.54. The van der Waals surface area contributed by atoms with Crippen LogP contribution in [0.15, 0.2) is 24.3 Å². The van der Waals surface area contributed by atoms with E-state index in [1.54, 1.807) is 12.1 Å². The Morgan fingerprint density at radius 1 is 1.22 bits per heavy atom. The molecule has 0 bridgehead atoms. The van der Waals surface area contributed by atoms with Gasteiger partial charge in [-0.05, 0) is 37.8 Å². The highest BCUT2D eigenvalue weighted by Gasteiger charge is 2.11. The molecule has 1 aliphatic rings. The summed E-state index contributed by atoms with van der Waals surface area (Å²) in [6.45, 7) is 1.13. The minimum absolute atomic E-state index is 0.173. The maximum atomic E-state index is 10.6. The van der Waals surface area contributed by atoms with Crippen LogP contribution >= 0.6 is 0 Å². The third-order valence-corrected chi connectivity index (χ3v) is 3.59. The highest BCUT2D eigenvalue weighted by Crippen LogP contribution is 2.16. The van der Waals surface area contributed by atoms with Gasteiger partial charge in [0.25, 0.3) is 5.69 Å². The summed E-state index contributed by atoms with van der Waals surface area (Å²) in [6.07, 6.45) is 7.31. The number of nitrogens with zero attached hydrogens (tertiary/aromatic N) is 1. The summed E-state index contributed by atoms with van der Waals surface area (Å²) in [5.41, 5.74) is 1.36. The van der Waals surface area contributed by atoms with Gasteiger partial charge in [0.1, 0.15) is 0 Å². The van der Waals surface area contributed by atoms with Gasteiger partial charge in [-0.3, -0.25) is 10.1 Å². The fourth-order valence-corrected chi connectivity index (χ4v) is 2.47. The average molecular weight is 248 g/mol. The fourth-order valence-electron chi connectivity index (χ4n) is 2.47. The predicted octanol–water partition coefficient (Wildman–Crippen LogP) is 3.06. The van der Waals surface area contributed by atoms with Crippen LogP contribution in [0, 0.1) is 10.1 Å². The molecule has 0 aromatic heterocycles. The van der Waals surface area contributed by atoms with Gasteiger partial charge in [-0.25, -0.2) is 0 Å². The highest BCUT2D eigenvalue weighted by molar-refractivity contribution is 5.32. The van der Waals surface area contributed by atoms with Gasteiger partial charge in [-0.1, -0.05) is 25.0 Å². The number of hydrogen-bond acceptors (Lipinski definition) is 3. The molecule has 1 aromatic rings. The maximum Gasteiger partial charge on any atom is 0.269 e. The zero-order valence-electron chi connectivity index (χ0n) is 10.6. The van der Waals surface area contributed by atoms with Crippen molar-refractivity contribution in [3.05, 3.63) is 39.9 Å². The van der Waals surface area contributed by atoms with Crippen molar-refractivity contribution in [1.82, 2.24) is 5.32 Å². The third-order valence-electron chi connectivity index (χ3n) is 3.59. The topological polar surface area (TPSA) is 55.2 Å². The largest absolute Gasteiger partial charge is 0.314 e. The molecule has 4 heteroatoms. The van der Waals surface area contributed by atoms with Crippen molar-refractivity contribution in [3.63, 3.8) is 0 Å². The third kappa shape index (κ3) is 3.81. The Labute approximate surface area is 108 Å².